The Bertz CT molecular complexity index is 547. The standard InChI is InChI=1S/C11H15BrN2O3S/c12-8-3-4-11(10(13)6-8)18(16,17)14-5-1-2-9(14)7-15/h3-4,6,9,15H,1-2,5,7,13H2/t9-/m1/s1. The van der Waals surface area contributed by atoms with Gasteiger partial charge in [-0.25, -0.2) is 8.42 Å². The molecule has 0 bridgehead atoms. The number of benzene rings is 1. The highest BCUT2D eigenvalue weighted by molar-refractivity contribution is 9.10. The molecule has 0 saturated carbocycles. The van der Waals surface area contributed by atoms with E-state index in [-0.39, 0.29) is 23.2 Å². The molecule has 2 rings (SSSR count). The average molecular weight is 335 g/mol. The van der Waals surface area contributed by atoms with E-state index in [9.17, 15) is 13.5 Å². The van der Waals surface area contributed by atoms with Crippen molar-refractivity contribution in [2.45, 2.75) is 23.8 Å². The molecule has 0 aromatic heterocycles. The summed E-state index contributed by atoms with van der Waals surface area (Å²) in [5.74, 6) is 0. The van der Waals surface area contributed by atoms with E-state index in [2.05, 4.69) is 15.9 Å². The van der Waals surface area contributed by atoms with Gasteiger partial charge >= 0.3 is 0 Å². The lowest BCUT2D eigenvalue weighted by molar-refractivity contribution is 0.213. The Morgan fingerprint density at radius 3 is 2.83 bits per heavy atom. The van der Waals surface area contributed by atoms with Crippen LogP contribution in [0.5, 0.6) is 0 Å². The highest BCUT2D eigenvalue weighted by Crippen LogP contribution is 2.30. The number of aliphatic hydroxyl groups excluding tert-OH is 1. The molecule has 0 amide bonds. The van der Waals surface area contributed by atoms with Gasteiger partial charge in [-0.3, -0.25) is 0 Å². The molecule has 1 aromatic carbocycles. The first-order chi connectivity index (χ1) is 8.46. The molecule has 0 spiro atoms. The van der Waals surface area contributed by atoms with E-state index in [1.807, 2.05) is 0 Å². The minimum atomic E-state index is -3.62. The fraction of sp³-hybridized carbons (Fsp3) is 0.455. The van der Waals surface area contributed by atoms with E-state index in [0.29, 0.717) is 13.0 Å². The Kier molecular flexibility index (Phi) is 3.96. The fourth-order valence-corrected chi connectivity index (χ4v) is 4.35. The average Bonchev–Trinajstić information content (AvgIpc) is 2.76. The Balaban J connectivity index is 2.42. The quantitative estimate of drug-likeness (QED) is 0.813. The maximum absolute atomic E-state index is 12.5. The zero-order valence-corrected chi connectivity index (χ0v) is 12.1. The monoisotopic (exact) mass is 334 g/mol. The number of nitrogens with zero attached hydrogens (tertiary/aromatic N) is 1. The molecule has 1 atom stereocenters. The summed E-state index contributed by atoms with van der Waals surface area (Å²) in [5, 5.41) is 9.22. The third-order valence-corrected chi connectivity index (χ3v) is 5.61. The van der Waals surface area contributed by atoms with Crippen molar-refractivity contribution in [3.63, 3.8) is 0 Å². The van der Waals surface area contributed by atoms with E-state index in [4.69, 9.17) is 5.73 Å². The molecule has 1 aromatic rings. The smallest absolute Gasteiger partial charge is 0.245 e. The molecule has 1 aliphatic rings. The summed E-state index contributed by atoms with van der Waals surface area (Å²) in [6, 6.07) is 4.36. The van der Waals surface area contributed by atoms with Crippen molar-refractivity contribution in [3.05, 3.63) is 22.7 Å². The van der Waals surface area contributed by atoms with E-state index in [1.165, 1.54) is 10.4 Å². The maximum Gasteiger partial charge on any atom is 0.245 e. The van der Waals surface area contributed by atoms with E-state index in [1.54, 1.807) is 12.1 Å². The first-order valence-corrected chi connectivity index (χ1v) is 7.88. The van der Waals surface area contributed by atoms with Crippen LogP contribution < -0.4 is 5.73 Å². The largest absolute Gasteiger partial charge is 0.398 e. The van der Waals surface area contributed by atoms with Crippen LogP contribution >= 0.6 is 15.9 Å². The molecular formula is C11H15BrN2O3S. The minimum absolute atomic E-state index is 0.103. The molecule has 18 heavy (non-hydrogen) atoms. The van der Waals surface area contributed by atoms with E-state index >= 15 is 0 Å². The number of nitrogens with two attached hydrogens (primary N) is 1. The van der Waals surface area contributed by atoms with Crippen LogP contribution in [-0.4, -0.2) is 37.0 Å². The van der Waals surface area contributed by atoms with Crippen molar-refractivity contribution in [1.29, 1.82) is 0 Å². The molecule has 0 aliphatic carbocycles. The molecule has 1 aliphatic heterocycles. The minimum Gasteiger partial charge on any atom is -0.398 e. The summed E-state index contributed by atoms with van der Waals surface area (Å²) in [6.07, 6.45) is 1.45. The second-order valence-electron chi connectivity index (χ2n) is 4.28. The van der Waals surface area contributed by atoms with Crippen LogP contribution in [-0.2, 0) is 10.0 Å². The van der Waals surface area contributed by atoms with Crippen LogP contribution in [0.2, 0.25) is 0 Å². The van der Waals surface area contributed by atoms with Crippen LogP contribution in [0.1, 0.15) is 12.8 Å². The number of aliphatic hydroxyl groups is 1. The molecule has 100 valence electrons. The number of halogens is 1. The lowest BCUT2D eigenvalue weighted by Crippen LogP contribution is -2.37. The normalized spacial score (nSPS) is 21.3. The topological polar surface area (TPSA) is 83.6 Å². The van der Waals surface area contributed by atoms with Crippen molar-refractivity contribution in [2.24, 2.45) is 0 Å². The van der Waals surface area contributed by atoms with Gasteiger partial charge in [0.05, 0.1) is 12.3 Å². The van der Waals surface area contributed by atoms with Crippen molar-refractivity contribution in [3.8, 4) is 0 Å². The first-order valence-electron chi connectivity index (χ1n) is 5.64. The third-order valence-electron chi connectivity index (χ3n) is 3.09. The SMILES string of the molecule is Nc1cc(Br)ccc1S(=O)(=O)N1CCC[C@@H]1CO. The maximum atomic E-state index is 12.5. The molecule has 1 heterocycles. The Hall–Kier alpha value is -0.630. The van der Waals surface area contributed by atoms with Gasteiger partial charge in [-0.05, 0) is 31.0 Å². The number of nitrogen functional groups attached to an aromatic ring is 1. The summed E-state index contributed by atoms with van der Waals surface area (Å²) in [4.78, 5) is 0.103. The van der Waals surface area contributed by atoms with Gasteiger partial charge in [0.25, 0.3) is 0 Å². The number of sulfonamides is 1. The van der Waals surface area contributed by atoms with Crippen molar-refractivity contribution in [1.82, 2.24) is 4.31 Å². The summed E-state index contributed by atoms with van der Waals surface area (Å²) in [6.45, 7) is 0.277. The van der Waals surface area contributed by atoms with E-state index < -0.39 is 10.0 Å². The van der Waals surface area contributed by atoms with Gasteiger partial charge in [0.15, 0.2) is 0 Å². The number of hydrogen-bond donors (Lipinski definition) is 2. The predicted octanol–water partition coefficient (Wildman–Crippen LogP) is 1.18. The first kappa shape index (κ1) is 13.8. The van der Waals surface area contributed by atoms with Gasteiger partial charge in [-0.2, -0.15) is 4.31 Å². The van der Waals surface area contributed by atoms with Crippen LogP contribution in [0.15, 0.2) is 27.6 Å². The highest BCUT2D eigenvalue weighted by atomic mass is 79.9. The summed E-state index contributed by atoms with van der Waals surface area (Å²) in [5.41, 5.74) is 5.98. The molecule has 3 N–H and O–H groups in total. The van der Waals surface area contributed by atoms with Crippen molar-refractivity contribution < 1.29 is 13.5 Å². The molecule has 7 heteroatoms. The molecule has 0 unspecified atom stereocenters. The predicted molar refractivity (Wildman–Crippen MR) is 72.6 cm³/mol. The van der Waals surface area contributed by atoms with Crippen LogP contribution in [0.3, 0.4) is 0 Å². The lowest BCUT2D eigenvalue weighted by atomic mass is 10.2. The van der Waals surface area contributed by atoms with E-state index in [0.717, 1.165) is 10.9 Å². The molecule has 1 saturated heterocycles. The lowest BCUT2D eigenvalue weighted by Gasteiger charge is -2.23. The summed E-state index contributed by atoms with van der Waals surface area (Å²) >= 11 is 3.24. The van der Waals surface area contributed by atoms with Crippen LogP contribution in [0.4, 0.5) is 5.69 Å². The second-order valence-corrected chi connectivity index (χ2v) is 7.05. The summed E-state index contributed by atoms with van der Waals surface area (Å²) in [7, 11) is -3.62. The molecule has 0 radical (unpaired) electrons. The summed E-state index contributed by atoms with van der Waals surface area (Å²) < 4.78 is 27.0. The zero-order valence-electron chi connectivity index (χ0n) is 9.71. The number of rotatable bonds is 3. The van der Waals surface area contributed by atoms with Gasteiger partial charge in [0.1, 0.15) is 4.90 Å². The van der Waals surface area contributed by atoms with Crippen LogP contribution in [0, 0.1) is 0 Å². The van der Waals surface area contributed by atoms with Gasteiger partial charge in [-0.15, -0.1) is 0 Å². The third kappa shape index (κ3) is 2.40. The Morgan fingerprint density at radius 2 is 2.22 bits per heavy atom. The number of hydrogen-bond acceptors (Lipinski definition) is 4. The van der Waals surface area contributed by atoms with Gasteiger partial charge < -0.3 is 10.8 Å². The fourth-order valence-electron chi connectivity index (χ4n) is 2.19. The van der Waals surface area contributed by atoms with Crippen molar-refractivity contribution in [2.75, 3.05) is 18.9 Å². The van der Waals surface area contributed by atoms with Crippen LogP contribution in [0.25, 0.3) is 0 Å². The Labute approximate surface area is 115 Å². The van der Waals surface area contributed by atoms with Crippen molar-refractivity contribution >= 4 is 31.6 Å². The second kappa shape index (κ2) is 5.16. The van der Waals surface area contributed by atoms with Gasteiger partial charge in [0, 0.05) is 17.1 Å². The highest BCUT2D eigenvalue weighted by Gasteiger charge is 2.35. The zero-order chi connectivity index (χ0) is 13.3. The molecule has 5 nitrogen and oxygen atoms in total. The van der Waals surface area contributed by atoms with Gasteiger partial charge in [0.2, 0.25) is 10.0 Å². The molecular weight excluding hydrogens is 320 g/mol. The molecule has 1 fully saturated rings. The Morgan fingerprint density at radius 1 is 1.50 bits per heavy atom. The number of anilines is 1. The van der Waals surface area contributed by atoms with Gasteiger partial charge in [-0.1, -0.05) is 15.9 Å².